The van der Waals surface area contributed by atoms with E-state index in [0.717, 1.165) is 38.0 Å². The summed E-state index contributed by atoms with van der Waals surface area (Å²) in [6, 6.07) is 10.1. The summed E-state index contributed by atoms with van der Waals surface area (Å²) in [5, 5.41) is 9.06. The van der Waals surface area contributed by atoms with Gasteiger partial charge in [0.15, 0.2) is 0 Å². The number of rotatable bonds is 6. The smallest absolute Gasteiger partial charge is 0.410 e. The predicted octanol–water partition coefficient (Wildman–Crippen LogP) is 4.68. The number of nitriles is 1. The number of amides is 1. The Morgan fingerprint density at radius 3 is 2.48 bits per heavy atom. The minimum Gasteiger partial charge on any atom is -0.443 e. The highest BCUT2D eigenvalue weighted by Crippen LogP contribution is 2.35. The quantitative estimate of drug-likeness (QED) is 0.692. The lowest BCUT2D eigenvalue weighted by Gasteiger charge is -2.41. The molecule has 2 aromatic rings. The van der Waals surface area contributed by atoms with Crippen LogP contribution in [-0.4, -0.2) is 57.6 Å². The van der Waals surface area contributed by atoms with E-state index in [9.17, 15) is 4.79 Å². The third-order valence-corrected chi connectivity index (χ3v) is 7.34. The van der Waals surface area contributed by atoms with E-state index in [1.54, 1.807) is 6.33 Å². The van der Waals surface area contributed by atoms with E-state index in [0.29, 0.717) is 24.6 Å². The van der Waals surface area contributed by atoms with Crippen LogP contribution in [0.2, 0.25) is 0 Å². The number of piperazine rings is 1. The molecule has 0 radical (unpaired) electrons. The zero-order valence-electron chi connectivity index (χ0n) is 19.8. The SMILES string of the molecule is CC(C)(OC(=O)N1CCN([C@H](Cc2ccc(C#N)cc2)c2cnc[nH]2)CC1)C1CCCCC1. The Kier molecular flexibility index (Phi) is 7.34. The van der Waals surface area contributed by atoms with Crippen LogP contribution in [0.4, 0.5) is 4.79 Å². The van der Waals surface area contributed by atoms with Crippen molar-refractivity contribution in [2.45, 2.75) is 64.0 Å². The number of imidazole rings is 1. The van der Waals surface area contributed by atoms with E-state index < -0.39 is 5.60 Å². The highest BCUT2D eigenvalue weighted by molar-refractivity contribution is 5.68. The predicted molar refractivity (Wildman–Crippen MR) is 126 cm³/mol. The summed E-state index contributed by atoms with van der Waals surface area (Å²) in [7, 11) is 0. The molecule has 1 aromatic carbocycles. The summed E-state index contributed by atoms with van der Waals surface area (Å²) in [6.45, 7) is 7.00. The Hall–Kier alpha value is -2.85. The van der Waals surface area contributed by atoms with Gasteiger partial charge in [-0.2, -0.15) is 5.26 Å². The first-order valence-corrected chi connectivity index (χ1v) is 12.2. The number of nitrogens with one attached hydrogen (secondary N) is 1. The number of benzene rings is 1. The van der Waals surface area contributed by atoms with Crippen LogP contribution in [-0.2, 0) is 11.2 Å². The Balaban J connectivity index is 1.36. The first kappa shape index (κ1) is 23.3. The van der Waals surface area contributed by atoms with E-state index in [4.69, 9.17) is 10.00 Å². The number of ether oxygens (including phenoxy) is 1. The standard InChI is InChI=1S/C26H35N5O2/c1-26(2,22-6-4-3-5-7-22)33-25(32)31-14-12-30(13-15-31)24(23-18-28-19-29-23)16-20-8-10-21(17-27)11-9-20/h8-11,18-19,22,24H,3-7,12-16H2,1-2H3,(H,28,29)/t24-/m1/s1. The van der Waals surface area contributed by atoms with Crippen molar-refractivity contribution in [2.75, 3.05) is 26.2 Å². The monoisotopic (exact) mass is 449 g/mol. The first-order valence-electron chi connectivity index (χ1n) is 12.2. The van der Waals surface area contributed by atoms with Crippen molar-refractivity contribution in [3.05, 3.63) is 53.6 Å². The maximum atomic E-state index is 13.0. The lowest BCUT2D eigenvalue weighted by atomic mass is 9.79. The molecule has 2 fully saturated rings. The van der Waals surface area contributed by atoms with Gasteiger partial charge in [0, 0.05) is 32.4 Å². The lowest BCUT2D eigenvalue weighted by molar-refractivity contribution is -0.0407. The molecule has 1 aromatic heterocycles. The molecule has 2 heterocycles. The van der Waals surface area contributed by atoms with Gasteiger partial charge in [-0.25, -0.2) is 9.78 Å². The zero-order chi connectivity index (χ0) is 23.3. The average molecular weight is 450 g/mol. The van der Waals surface area contributed by atoms with Crippen LogP contribution in [0.1, 0.15) is 68.8 Å². The number of carbonyl (C=O) groups is 1. The van der Waals surface area contributed by atoms with Gasteiger partial charge >= 0.3 is 6.09 Å². The molecule has 4 rings (SSSR count). The number of aromatic nitrogens is 2. The fraction of sp³-hybridized carbons (Fsp3) is 0.577. The van der Waals surface area contributed by atoms with Crippen LogP contribution in [0.25, 0.3) is 0 Å². The lowest BCUT2D eigenvalue weighted by Crippen LogP contribution is -2.52. The summed E-state index contributed by atoms with van der Waals surface area (Å²) in [5.41, 5.74) is 2.49. The molecule has 7 nitrogen and oxygen atoms in total. The van der Waals surface area contributed by atoms with Gasteiger partial charge in [0.2, 0.25) is 0 Å². The van der Waals surface area contributed by atoms with Crippen LogP contribution < -0.4 is 0 Å². The van der Waals surface area contributed by atoms with Crippen LogP contribution in [0, 0.1) is 17.2 Å². The summed E-state index contributed by atoms with van der Waals surface area (Å²) in [4.78, 5) is 24.7. The molecule has 0 unspecified atom stereocenters. The maximum absolute atomic E-state index is 13.0. The summed E-state index contributed by atoms with van der Waals surface area (Å²) in [5.74, 6) is 0.452. The van der Waals surface area contributed by atoms with Crippen LogP contribution in [0.15, 0.2) is 36.8 Å². The molecule has 1 N–H and O–H groups in total. The van der Waals surface area contributed by atoms with Gasteiger partial charge < -0.3 is 14.6 Å². The van der Waals surface area contributed by atoms with Crippen molar-refractivity contribution < 1.29 is 9.53 Å². The zero-order valence-corrected chi connectivity index (χ0v) is 19.8. The normalized spacial score (nSPS) is 19.1. The Morgan fingerprint density at radius 2 is 1.88 bits per heavy atom. The molecular formula is C26H35N5O2. The molecule has 1 amide bonds. The maximum Gasteiger partial charge on any atom is 0.410 e. The minimum absolute atomic E-state index is 0.136. The van der Waals surface area contributed by atoms with Crippen molar-refractivity contribution >= 4 is 6.09 Å². The second-order valence-electron chi connectivity index (χ2n) is 9.86. The molecule has 176 valence electrons. The highest BCUT2D eigenvalue weighted by atomic mass is 16.6. The van der Waals surface area contributed by atoms with E-state index in [1.807, 2.05) is 35.4 Å². The van der Waals surface area contributed by atoms with Crippen LogP contribution in [0.3, 0.4) is 0 Å². The third-order valence-electron chi connectivity index (χ3n) is 7.34. The fourth-order valence-electron chi connectivity index (χ4n) is 5.21. The van der Waals surface area contributed by atoms with Crippen molar-refractivity contribution in [3.63, 3.8) is 0 Å². The van der Waals surface area contributed by atoms with Crippen molar-refractivity contribution in [2.24, 2.45) is 5.92 Å². The number of H-pyrrole nitrogens is 1. The summed E-state index contributed by atoms with van der Waals surface area (Å²) in [6.07, 6.45) is 10.3. The van der Waals surface area contributed by atoms with E-state index in [2.05, 4.69) is 34.8 Å². The van der Waals surface area contributed by atoms with Crippen molar-refractivity contribution in [3.8, 4) is 6.07 Å². The molecule has 1 aliphatic carbocycles. The molecule has 1 atom stereocenters. The minimum atomic E-state index is -0.414. The Morgan fingerprint density at radius 1 is 1.18 bits per heavy atom. The number of hydrogen-bond donors (Lipinski definition) is 1. The second kappa shape index (κ2) is 10.4. The Labute approximate surface area is 196 Å². The summed E-state index contributed by atoms with van der Waals surface area (Å²) >= 11 is 0. The average Bonchev–Trinajstić information content (AvgIpc) is 3.38. The van der Waals surface area contributed by atoms with Crippen molar-refractivity contribution in [1.82, 2.24) is 19.8 Å². The first-order chi connectivity index (χ1) is 16.0. The molecule has 33 heavy (non-hydrogen) atoms. The van der Waals surface area contributed by atoms with Gasteiger partial charge in [-0.15, -0.1) is 0 Å². The van der Waals surface area contributed by atoms with Gasteiger partial charge in [0.05, 0.1) is 29.7 Å². The second-order valence-corrected chi connectivity index (χ2v) is 9.86. The summed E-state index contributed by atoms with van der Waals surface area (Å²) < 4.78 is 6.03. The number of nitrogens with zero attached hydrogens (tertiary/aromatic N) is 4. The van der Waals surface area contributed by atoms with E-state index in [1.165, 1.54) is 24.8 Å². The molecule has 7 heteroatoms. The Bertz CT molecular complexity index is 934. The highest BCUT2D eigenvalue weighted by Gasteiger charge is 2.36. The molecular weight excluding hydrogens is 414 g/mol. The molecule has 1 aliphatic heterocycles. The van der Waals surface area contributed by atoms with Gasteiger partial charge in [-0.3, -0.25) is 4.90 Å². The van der Waals surface area contributed by atoms with Gasteiger partial charge in [-0.1, -0.05) is 31.4 Å². The van der Waals surface area contributed by atoms with Gasteiger partial charge in [-0.05, 0) is 56.7 Å². The topological polar surface area (TPSA) is 85.2 Å². The molecule has 1 saturated heterocycles. The number of carbonyl (C=O) groups excluding carboxylic acids is 1. The molecule has 1 saturated carbocycles. The van der Waals surface area contributed by atoms with Crippen molar-refractivity contribution in [1.29, 1.82) is 5.26 Å². The van der Waals surface area contributed by atoms with Crippen LogP contribution in [0.5, 0.6) is 0 Å². The molecule has 2 aliphatic rings. The van der Waals surface area contributed by atoms with Gasteiger partial charge in [0.25, 0.3) is 0 Å². The number of hydrogen-bond acceptors (Lipinski definition) is 5. The third kappa shape index (κ3) is 5.75. The number of aromatic amines is 1. The fourth-order valence-corrected chi connectivity index (χ4v) is 5.21. The van der Waals surface area contributed by atoms with Gasteiger partial charge in [0.1, 0.15) is 5.60 Å². The van der Waals surface area contributed by atoms with E-state index >= 15 is 0 Å². The molecule has 0 bridgehead atoms. The van der Waals surface area contributed by atoms with E-state index in [-0.39, 0.29) is 12.1 Å². The molecule has 0 spiro atoms. The largest absolute Gasteiger partial charge is 0.443 e. The van der Waals surface area contributed by atoms with Crippen LogP contribution >= 0.6 is 0 Å².